The maximum atomic E-state index is 12.3. The first-order valence-electron chi connectivity index (χ1n) is 9.08. The van der Waals surface area contributed by atoms with E-state index in [9.17, 15) is 9.59 Å². The van der Waals surface area contributed by atoms with E-state index < -0.39 is 5.97 Å². The molecular formula is C23H23NO4. The lowest BCUT2D eigenvalue weighted by molar-refractivity contribution is -0.123. The minimum absolute atomic E-state index is 0.136. The molecule has 3 aromatic carbocycles. The summed E-state index contributed by atoms with van der Waals surface area (Å²) in [5.74, 6) is -0.195. The molecule has 0 saturated carbocycles. The lowest BCUT2D eigenvalue weighted by Gasteiger charge is -2.16. The van der Waals surface area contributed by atoms with Gasteiger partial charge in [-0.05, 0) is 53.9 Å². The SMILES string of the molecule is COC(=O)c1ccc(C)c(OCC(=O)N[C@@H](C)c2ccc3ccccc3c2)c1. The molecule has 0 bridgehead atoms. The fourth-order valence-corrected chi connectivity index (χ4v) is 2.99. The first-order valence-corrected chi connectivity index (χ1v) is 9.08. The van der Waals surface area contributed by atoms with E-state index in [0.717, 1.165) is 21.9 Å². The van der Waals surface area contributed by atoms with E-state index in [4.69, 9.17) is 9.47 Å². The molecular weight excluding hydrogens is 354 g/mol. The topological polar surface area (TPSA) is 64.6 Å². The van der Waals surface area contributed by atoms with Crippen LogP contribution in [0.15, 0.2) is 60.7 Å². The fraction of sp³-hybridized carbons (Fsp3) is 0.217. The second kappa shape index (κ2) is 8.57. The normalized spacial score (nSPS) is 11.7. The van der Waals surface area contributed by atoms with E-state index in [-0.39, 0.29) is 18.6 Å². The van der Waals surface area contributed by atoms with Gasteiger partial charge in [0.05, 0.1) is 18.7 Å². The van der Waals surface area contributed by atoms with E-state index in [1.165, 1.54) is 7.11 Å². The number of amides is 1. The number of hydrogen-bond acceptors (Lipinski definition) is 4. The summed E-state index contributed by atoms with van der Waals surface area (Å²) in [5, 5.41) is 5.24. The number of carbonyl (C=O) groups excluding carboxylic acids is 2. The molecule has 3 aromatic rings. The number of aryl methyl sites for hydroxylation is 1. The van der Waals surface area contributed by atoms with Gasteiger partial charge in [-0.2, -0.15) is 0 Å². The summed E-state index contributed by atoms with van der Waals surface area (Å²) in [5.41, 5.74) is 2.24. The standard InChI is InChI=1S/C23H23NO4/c1-15-8-9-20(23(26)27-3)13-21(15)28-14-22(25)24-16(2)18-11-10-17-6-4-5-7-19(17)12-18/h4-13,16H,14H2,1-3H3,(H,24,25)/t16-/m0/s1. The van der Waals surface area contributed by atoms with Crippen LogP contribution in [0, 0.1) is 6.92 Å². The van der Waals surface area contributed by atoms with Crippen molar-refractivity contribution in [3.8, 4) is 5.75 Å². The summed E-state index contributed by atoms with van der Waals surface area (Å²) in [4.78, 5) is 24.0. The van der Waals surface area contributed by atoms with E-state index in [1.807, 2.05) is 44.2 Å². The fourth-order valence-electron chi connectivity index (χ4n) is 2.99. The molecule has 0 spiro atoms. The molecule has 1 amide bonds. The highest BCUT2D eigenvalue weighted by atomic mass is 16.5. The maximum Gasteiger partial charge on any atom is 0.337 e. The molecule has 1 atom stereocenters. The third kappa shape index (κ3) is 4.49. The zero-order valence-corrected chi connectivity index (χ0v) is 16.2. The van der Waals surface area contributed by atoms with Crippen LogP contribution in [-0.2, 0) is 9.53 Å². The van der Waals surface area contributed by atoms with Crippen molar-refractivity contribution in [2.45, 2.75) is 19.9 Å². The summed E-state index contributed by atoms with van der Waals surface area (Å²) in [7, 11) is 1.32. The summed E-state index contributed by atoms with van der Waals surface area (Å²) < 4.78 is 10.3. The molecule has 0 fully saturated rings. The zero-order valence-electron chi connectivity index (χ0n) is 16.2. The Hall–Kier alpha value is -3.34. The van der Waals surface area contributed by atoms with Crippen molar-refractivity contribution in [3.63, 3.8) is 0 Å². The molecule has 0 aliphatic heterocycles. The Bertz CT molecular complexity index is 1010. The number of carbonyl (C=O) groups is 2. The van der Waals surface area contributed by atoms with Crippen molar-refractivity contribution in [2.24, 2.45) is 0 Å². The molecule has 5 nitrogen and oxygen atoms in total. The quantitative estimate of drug-likeness (QED) is 0.654. The van der Waals surface area contributed by atoms with Gasteiger partial charge in [-0.25, -0.2) is 4.79 Å². The van der Waals surface area contributed by atoms with Gasteiger partial charge in [-0.1, -0.05) is 42.5 Å². The van der Waals surface area contributed by atoms with E-state index in [2.05, 4.69) is 17.4 Å². The number of benzene rings is 3. The summed E-state index contributed by atoms with van der Waals surface area (Å²) in [6, 6.07) is 19.1. The molecule has 28 heavy (non-hydrogen) atoms. The van der Waals surface area contributed by atoms with Crippen LogP contribution in [0.5, 0.6) is 5.75 Å². The van der Waals surface area contributed by atoms with Gasteiger partial charge in [0.15, 0.2) is 6.61 Å². The molecule has 0 aliphatic carbocycles. The van der Waals surface area contributed by atoms with Crippen molar-refractivity contribution in [2.75, 3.05) is 13.7 Å². The molecule has 5 heteroatoms. The van der Waals surface area contributed by atoms with Gasteiger partial charge in [0.1, 0.15) is 5.75 Å². The number of fused-ring (bicyclic) bond motifs is 1. The number of ether oxygens (including phenoxy) is 2. The van der Waals surface area contributed by atoms with Crippen LogP contribution in [0.3, 0.4) is 0 Å². The number of esters is 1. The Labute approximate surface area is 164 Å². The first kappa shape index (κ1) is 19.4. The van der Waals surface area contributed by atoms with Gasteiger partial charge in [0, 0.05) is 0 Å². The van der Waals surface area contributed by atoms with Gasteiger partial charge in [0.2, 0.25) is 0 Å². The number of hydrogen-bond donors (Lipinski definition) is 1. The average molecular weight is 377 g/mol. The van der Waals surface area contributed by atoms with Crippen LogP contribution in [-0.4, -0.2) is 25.6 Å². The third-order valence-corrected chi connectivity index (χ3v) is 4.62. The van der Waals surface area contributed by atoms with Gasteiger partial charge >= 0.3 is 5.97 Å². The van der Waals surface area contributed by atoms with Crippen LogP contribution in [0.4, 0.5) is 0 Å². The molecule has 1 N–H and O–H groups in total. The summed E-state index contributed by atoms with van der Waals surface area (Å²) in [6.45, 7) is 3.65. The predicted octanol–water partition coefficient (Wildman–Crippen LogP) is 4.19. The molecule has 0 heterocycles. The third-order valence-electron chi connectivity index (χ3n) is 4.62. The zero-order chi connectivity index (χ0) is 20.1. The molecule has 0 saturated heterocycles. The van der Waals surface area contributed by atoms with Crippen molar-refractivity contribution in [1.29, 1.82) is 0 Å². The molecule has 144 valence electrons. The maximum absolute atomic E-state index is 12.3. The van der Waals surface area contributed by atoms with Crippen LogP contribution in [0.2, 0.25) is 0 Å². The number of rotatable bonds is 6. The minimum Gasteiger partial charge on any atom is -0.483 e. The second-order valence-corrected chi connectivity index (χ2v) is 6.66. The van der Waals surface area contributed by atoms with Gasteiger partial charge < -0.3 is 14.8 Å². The Morgan fingerprint density at radius 3 is 2.50 bits per heavy atom. The smallest absolute Gasteiger partial charge is 0.337 e. The van der Waals surface area contributed by atoms with Crippen LogP contribution < -0.4 is 10.1 Å². The average Bonchev–Trinajstić information content (AvgIpc) is 2.72. The highest BCUT2D eigenvalue weighted by Gasteiger charge is 2.13. The van der Waals surface area contributed by atoms with Crippen molar-refractivity contribution in [3.05, 3.63) is 77.4 Å². The Morgan fingerprint density at radius 1 is 1.00 bits per heavy atom. The first-order chi connectivity index (χ1) is 13.5. The van der Waals surface area contributed by atoms with Gasteiger partial charge in [0.25, 0.3) is 5.91 Å². The molecule has 0 radical (unpaired) electrons. The van der Waals surface area contributed by atoms with Crippen molar-refractivity contribution in [1.82, 2.24) is 5.32 Å². The monoisotopic (exact) mass is 377 g/mol. The van der Waals surface area contributed by atoms with Gasteiger partial charge in [-0.15, -0.1) is 0 Å². The molecule has 0 aliphatic rings. The molecule has 0 unspecified atom stereocenters. The van der Waals surface area contributed by atoms with Crippen LogP contribution >= 0.6 is 0 Å². The second-order valence-electron chi connectivity index (χ2n) is 6.66. The number of methoxy groups -OCH3 is 1. The molecule has 3 rings (SSSR count). The van der Waals surface area contributed by atoms with Gasteiger partial charge in [-0.3, -0.25) is 4.79 Å². The lowest BCUT2D eigenvalue weighted by Crippen LogP contribution is -2.31. The van der Waals surface area contributed by atoms with E-state index in [0.29, 0.717) is 11.3 Å². The Balaban J connectivity index is 1.62. The largest absolute Gasteiger partial charge is 0.483 e. The summed E-state index contributed by atoms with van der Waals surface area (Å²) >= 11 is 0. The number of nitrogens with one attached hydrogen (secondary N) is 1. The van der Waals surface area contributed by atoms with Crippen molar-refractivity contribution >= 4 is 22.6 Å². The van der Waals surface area contributed by atoms with Crippen LogP contribution in [0.1, 0.15) is 34.5 Å². The van der Waals surface area contributed by atoms with E-state index >= 15 is 0 Å². The molecule has 0 aromatic heterocycles. The Morgan fingerprint density at radius 2 is 1.75 bits per heavy atom. The highest BCUT2D eigenvalue weighted by Crippen LogP contribution is 2.21. The highest BCUT2D eigenvalue weighted by molar-refractivity contribution is 5.90. The van der Waals surface area contributed by atoms with E-state index in [1.54, 1.807) is 18.2 Å². The lowest BCUT2D eigenvalue weighted by atomic mass is 10.0. The minimum atomic E-state index is -0.445. The van der Waals surface area contributed by atoms with Crippen molar-refractivity contribution < 1.29 is 19.1 Å². The van der Waals surface area contributed by atoms with Crippen LogP contribution in [0.25, 0.3) is 10.8 Å². The Kier molecular flexibility index (Phi) is 5.94. The summed E-state index contributed by atoms with van der Waals surface area (Å²) in [6.07, 6.45) is 0. The predicted molar refractivity (Wildman–Crippen MR) is 109 cm³/mol.